The molecule has 0 aliphatic carbocycles. The molecule has 0 fully saturated rings. The van der Waals surface area contributed by atoms with Gasteiger partial charge in [0.15, 0.2) is 0 Å². The summed E-state index contributed by atoms with van der Waals surface area (Å²) in [5, 5.41) is 0. The van der Waals surface area contributed by atoms with Gasteiger partial charge in [0.05, 0.1) is 4.90 Å². The van der Waals surface area contributed by atoms with Gasteiger partial charge < -0.3 is 0 Å². The molecule has 0 N–H and O–H groups in total. The number of rotatable bonds is 5. The second-order valence-corrected chi connectivity index (χ2v) is 6.83. The van der Waals surface area contributed by atoms with Crippen LogP contribution < -0.4 is 0 Å². The topological polar surface area (TPSA) is 37.4 Å². The number of benzene rings is 1. The molecule has 1 aromatic rings. The zero-order valence-electron chi connectivity index (χ0n) is 9.49. The Balaban J connectivity index is 3.13. The van der Waals surface area contributed by atoms with Gasteiger partial charge in [-0.15, -0.1) is 11.6 Å². The lowest BCUT2D eigenvalue weighted by atomic mass is 10.4. The third-order valence-corrected chi connectivity index (χ3v) is 4.63. The Morgan fingerprint density at radius 1 is 1.32 bits per heavy atom. The van der Waals surface area contributed by atoms with Gasteiger partial charge in [-0.25, -0.2) is 8.42 Å². The van der Waals surface area contributed by atoms with Crippen molar-refractivity contribution in [3.8, 4) is 0 Å². The molecule has 0 heterocycles. The summed E-state index contributed by atoms with van der Waals surface area (Å²) in [6.07, 6.45) is -4.62. The molecule has 0 atom stereocenters. The van der Waals surface area contributed by atoms with Gasteiger partial charge in [-0.1, -0.05) is 22.0 Å². The van der Waals surface area contributed by atoms with Crippen LogP contribution in [0, 0.1) is 0 Å². The van der Waals surface area contributed by atoms with E-state index in [1.54, 1.807) is 6.07 Å². The van der Waals surface area contributed by atoms with E-state index in [0.29, 0.717) is 8.78 Å². The van der Waals surface area contributed by atoms with Crippen molar-refractivity contribution in [2.45, 2.75) is 11.1 Å². The summed E-state index contributed by atoms with van der Waals surface area (Å²) >= 11 is 8.44. The first-order valence-corrected chi connectivity index (χ1v) is 7.82. The summed E-state index contributed by atoms with van der Waals surface area (Å²) in [5.74, 6) is -0.219. The molecule has 0 saturated carbocycles. The molecule has 0 bridgehead atoms. The van der Waals surface area contributed by atoms with Gasteiger partial charge in [0.2, 0.25) is 10.0 Å². The van der Waals surface area contributed by atoms with E-state index in [4.69, 9.17) is 11.6 Å². The van der Waals surface area contributed by atoms with E-state index in [-0.39, 0.29) is 10.8 Å². The van der Waals surface area contributed by atoms with E-state index >= 15 is 0 Å². The molecule has 19 heavy (non-hydrogen) atoms. The van der Waals surface area contributed by atoms with Crippen LogP contribution in [-0.2, 0) is 10.0 Å². The van der Waals surface area contributed by atoms with Crippen molar-refractivity contribution in [3.05, 3.63) is 28.7 Å². The van der Waals surface area contributed by atoms with Crippen LogP contribution in [0.1, 0.15) is 0 Å². The summed E-state index contributed by atoms with van der Waals surface area (Å²) in [5.41, 5.74) is 0. The molecule has 0 aliphatic heterocycles. The van der Waals surface area contributed by atoms with Crippen LogP contribution in [0.25, 0.3) is 0 Å². The monoisotopic (exact) mass is 379 g/mol. The van der Waals surface area contributed by atoms with Crippen molar-refractivity contribution >= 4 is 37.6 Å². The SMILES string of the molecule is O=S(=O)(c1cccc(Br)c1)N(CCCl)CC(F)(F)F. The minimum absolute atomic E-state index is 0.212. The first-order valence-electron chi connectivity index (χ1n) is 5.05. The summed E-state index contributed by atoms with van der Waals surface area (Å²) in [4.78, 5) is -0.212. The van der Waals surface area contributed by atoms with Gasteiger partial charge in [-0.3, -0.25) is 0 Å². The van der Waals surface area contributed by atoms with E-state index < -0.39 is 29.3 Å². The smallest absolute Gasteiger partial charge is 0.207 e. The molecule has 0 amide bonds. The van der Waals surface area contributed by atoms with Gasteiger partial charge in [0.25, 0.3) is 0 Å². The third kappa shape index (κ3) is 4.94. The summed E-state index contributed by atoms with van der Waals surface area (Å²) < 4.78 is 62.2. The molecule has 108 valence electrons. The highest BCUT2D eigenvalue weighted by atomic mass is 79.9. The normalized spacial score (nSPS) is 12.9. The molecule has 1 rings (SSSR count). The van der Waals surface area contributed by atoms with Crippen LogP contribution in [-0.4, -0.2) is 37.9 Å². The van der Waals surface area contributed by atoms with Crippen LogP contribution in [0.15, 0.2) is 33.6 Å². The van der Waals surface area contributed by atoms with Crippen molar-refractivity contribution in [1.82, 2.24) is 4.31 Å². The highest BCUT2D eigenvalue weighted by Gasteiger charge is 2.36. The van der Waals surface area contributed by atoms with Crippen molar-refractivity contribution in [2.24, 2.45) is 0 Å². The second kappa shape index (κ2) is 6.43. The number of sulfonamides is 1. The molecule has 0 saturated heterocycles. The molecule has 0 spiro atoms. The van der Waals surface area contributed by atoms with Gasteiger partial charge in [0.1, 0.15) is 6.54 Å². The average Bonchev–Trinajstić information content (AvgIpc) is 2.26. The summed E-state index contributed by atoms with van der Waals surface area (Å²) in [6, 6.07) is 5.49. The fraction of sp³-hybridized carbons (Fsp3) is 0.400. The van der Waals surface area contributed by atoms with Crippen molar-refractivity contribution in [3.63, 3.8) is 0 Å². The molecule has 0 aliphatic rings. The van der Waals surface area contributed by atoms with Crippen LogP contribution in [0.2, 0.25) is 0 Å². The maximum Gasteiger partial charge on any atom is 0.402 e. The Bertz CT molecular complexity index is 536. The molecular weight excluding hydrogens is 371 g/mol. The Labute approximate surface area is 122 Å². The summed E-state index contributed by atoms with van der Waals surface area (Å²) in [6.45, 7) is -1.97. The number of halogens is 5. The minimum atomic E-state index is -4.62. The van der Waals surface area contributed by atoms with Crippen molar-refractivity contribution in [1.29, 1.82) is 0 Å². The highest BCUT2D eigenvalue weighted by molar-refractivity contribution is 9.10. The Hall–Kier alpha value is -0.310. The lowest BCUT2D eigenvalue weighted by molar-refractivity contribution is -0.135. The van der Waals surface area contributed by atoms with E-state index in [2.05, 4.69) is 15.9 Å². The molecular formula is C10H10BrClF3NO2S. The zero-order chi connectivity index (χ0) is 14.7. The van der Waals surface area contributed by atoms with E-state index in [1.165, 1.54) is 18.2 Å². The highest BCUT2D eigenvalue weighted by Crippen LogP contribution is 2.24. The van der Waals surface area contributed by atoms with Gasteiger partial charge in [-0.05, 0) is 18.2 Å². The van der Waals surface area contributed by atoms with Crippen molar-refractivity contribution < 1.29 is 21.6 Å². The first kappa shape index (κ1) is 16.7. The maximum absolute atomic E-state index is 12.4. The minimum Gasteiger partial charge on any atom is -0.207 e. The molecule has 9 heteroatoms. The molecule has 0 radical (unpaired) electrons. The molecule has 0 aromatic heterocycles. The van der Waals surface area contributed by atoms with E-state index in [0.717, 1.165) is 0 Å². The van der Waals surface area contributed by atoms with Crippen LogP contribution in [0.5, 0.6) is 0 Å². The molecule has 0 unspecified atom stereocenters. The maximum atomic E-state index is 12.4. The Kier molecular flexibility index (Phi) is 5.66. The quantitative estimate of drug-likeness (QED) is 0.736. The predicted molar refractivity (Wildman–Crippen MR) is 69.7 cm³/mol. The second-order valence-electron chi connectivity index (χ2n) is 3.60. The van der Waals surface area contributed by atoms with Crippen molar-refractivity contribution in [2.75, 3.05) is 19.0 Å². The summed E-state index contributed by atoms with van der Waals surface area (Å²) in [7, 11) is -4.22. The Morgan fingerprint density at radius 2 is 1.95 bits per heavy atom. The lowest BCUT2D eigenvalue weighted by Crippen LogP contribution is -2.40. The molecule has 1 aromatic carbocycles. The first-order chi connectivity index (χ1) is 8.66. The van der Waals surface area contributed by atoms with Gasteiger partial charge >= 0.3 is 6.18 Å². The number of hydrogen-bond acceptors (Lipinski definition) is 2. The van der Waals surface area contributed by atoms with Gasteiger partial charge in [-0.2, -0.15) is 17.5 Å². The standard InChI is InChI=1S/C10H10BrClF3NO2S/c11-8-2-1-3-9(6-8)19(17,18)16(5-4-12)7-10(13,14)15/h1-3,6H,4-5,7H2. The van der Waals surface area contributed by atoms with Crippen LogP contribution >= 0.6 is 27.5 Å². The number of hydrogen-bond donors (Lipinski definition) is 0. The third-order valence-electron chi connectivity index (χ3n) is 2.12. The molecule has 3 nitrogen and oxygen atoms in total. The van der Waals surface area contributed by atoms with E-state index in [1.807, 2.05) is 0 Å². The van der Waals surface area contributed by atoms with E-state index in [9.17, 15) is 21.6 Å². The average molecular weight is 381 g/mol. The Morgan fingerprint density at radius 3 is 2.42 bits per heavy atom. The van der Waals surface area contributed by atoms with Crippen LogP contribution in [0.4, 0.5) is 13.2 Å². The van der Waals surface area contributed by atoms with Gasteiger partial charge in [0, 0.05) is 16.9 Å². The lowest BCUT2D eigenvalue weighted by Gasteiger charge is -2.22. The number of alkyl halides is 4. The number of nitrogens with zero attached hydrogens (tertiary/aromatic N) is 1. The largest absolute Gasteiger partial charge is 0.402 e. The fourth-order valence-corrected chi connectivity index (χ4v) is 3.68. The fourth-order valence-electron chi connectivity index (χ4n) is 1.35. The van der Waals surface area contributed by atoms with Crippen LogP contribution in [0.3, 0.4) is 0 Å². The predicted octanol–water partition coefficient (Wildman–Crippen LogP) is 3.24. The zero-order valence-corrected chi connectivity index (χ0v) is 12.7.